The van der Waals surface area contributed by atoms with E-state index in [1.807, 2.05) is 27.7 Å². The number of hydrogen-bond donors (Lipinski definition) is 2. The monoisotopic (exact) mass is 429 g/mol. The molecule has 1 aromatic rings. The van der Waals surface area contributed by atoms with Gasteiger partial charge in [-0.25, -0.2) is 9.87 Å². The number of nitrogens with zero attached hydrogens (tertiary/aromatic N) is 1. The molecule has 2 rings (SSSR count). The number of anilines is 1. The van der Waals surface area contributed by atoms with Crippen molar-refractivity contribution >= 4 is 23.1 Å². The van der Waals surface area contributed by atoms with Crippen molar-refractivity contribution in [3.8, 4) is 0 Å². The molecule has 7 heteroatoms. The highest BCUT2D eigenvalue weighted by molar-refractivity contribution is 6.31. The normalized spacial score (nSPS) is 15.0. The van der Waals surface area contributed by atoms with Crippen molar-refractivity contribution in [1.82, 2.24) is 10.4 Å². The van der Waals surface area contributed by atoms with Crippen molar-refractivity contribution in [3.63, 3.8) is 0 Å². The molecule has 0 unspecified atom stereocenters. The summed E-state index contributed by atoms with van der Waals surface area (Å²) in [4.78, 5) is 32.7. The van der Waals surface area contributed by atoms with E-state index in [9.17, 15) is 14.0 Å². The quantitative estimate of drug-likeness (QED) is 0.267. The minimum absolute atomic E-state index is 0.296. The predicted octanol–water partition coefficient (Wildman–Crippen LogP) is 4.22. The lowest BCUT2D eigenvalue weighted by Crippen LogP contribution is -2.32. The molecule has 1 aliphatic heterocycles. The van der Waals surface area contributed by atoms with Crippen LogP contribution in [0.2, 0.25) is 0 Å². The van der Waals surface area contributed by atoms with Crippen LogP contribution in [0.1, 0.15) is 47.1 Å². The van der Waals surface area contributed by atoms with Crippen molar-refractivity contribution < 1.29 is 18.8 Å². The smallest absolute Gasteiger partial charge is 0.275 e. The summed E-state index contributed by atoms with van der Waals surface area (Å²) in [6.45, 7) is 14.4. The van der Waals surface area contributed by atoms with Gasteiger partial charge in [0, 0.05) is 28.9 Å². The van der Waals surface area contributed by atoms with E-state index in [1.165, 1.54) is 12.1 Å². The third-order valence-electron chi connectivity index (χ3n) is 5.39. The van der Waals surface area contributed by atoms with E-state index in [1.54, 1.807) is 12.1 Å². The highest BCUT2D eigenvalue weighted by atomic mass is 19.1. The Kier molecular flexibility index (Phi) is 8.71. The van der Waals surface area contributed by atoms with E-state index in [2.05, 4.69) is 29.5 Å². The summed E-state index contributed by atoms with van der Waals surface area (Å²) in [5.74, 6) is -1.04. The number of likely N-dealkylation sites (N-methyl/N-ethyl adjacent to an activating group) is 1. The number of rotatable bonds is 9. The minimum Gasteiger partial charge on any atom is -0.321 e. The Morgan fingerprint density at radius 2 is 1.87 bits per heavy atom. The number of fused-ring (bicyclic) bond motifs is 1. The van der Waals surface area contributed by atoms with Gasteiger partial charge in [-0.15, -0.1) is 0 Å². The van der Waals surface area contributed by atoms with Crippen LogP contribution in [0.5, 0.6) is 0 Å². The topological polar surface area (TPSA) is 70.7 Å². The first-order valence-electron chi connectivity index (χ1n) is 10.5. The van der Waals surface area contributed by atoms with Gasteiger partial charge in [0.1, 0.15) is 5.82 Å². The zero-order valence-electron chi connectivity index (χ0n) is 19.2. The molecule has 0 spiro atoms. The molecule has 1 heterocycles. The van der Waals surface area contributed by atoms with E-state index in [-0.39, 0.29) is 11.8 Å². The van der Waals surface area contributed by atoms with Crippen LogP contribution in [0.4, 0.5) is 10.1 Å². The lowest BCUT2D eigenvalue weighted by atomic mass is 9.95. The Labute approximate surface area is 183 Å². The van der Waals surface area contributed by atoms with Gasteiger partial charge in [0.15, 0.2) is 0 Å². The number of amides is 2. The third-order valence-corrected chi connectivity index (χ3v) is 5.39. The summed E-state index contributed by atoms with van der Waals surface area (Å²) in [5, 5.41) is 2.73. The van der Waals surface area contributed by atoms with Crippen LogP contribution in [0.3, 0.4) is 0 Å². The Morgan fingerprint density at radius 3 is 2.48 bits per heavy atom. The number of carbonyl (C=O) groups is 2. The van der Waals surface area contributed by atoms with Gasteiger partial charge in [-0.3, -0.25) is 14.4 Å². The number of halogens is 1. The van der Waals surface area contributed by atoms with Gasteiger partial charge in [-0.2, -0.15) is 0 Å². The molecule has 0 fully saturated rings. The second-order valence-electron chi connectivity index (χ2n) is 7.69. The standard InChI is InChI=1S/C24H32FN3O3/c1-7-28(8-2)11-12-31-27-24(30)22(15(3)4)17(6)16(5)13-20-19-14-18(25)9-10-21(19)26-23(20)29/h9-10,13-14H,7-8,11-12H2,1-6H3,(H,26,29)(H,27,30)/b17-16+,20-13-. The second-order valence-corrected chi connectivity index (χ2v) is 7.69. The van der Waals surface area contributed by atoms with E-state index < -0.39 is 5.82 Å². The molecule has 0 aromatic heterocycles. The molecule has 2 N–H and O–H groups in total. The Morgan fingerprint density at radius 1 is 1.19 bits per heavy atom. The van der Waals surface area contributed by atoms with Crippen molar-refractivity contribution in [1.29, 1.82) is 0 Å². The van der Waals surface area contributed by atoms with E-state index in [0.717, 1.165) is 36.4 Å². The van der Waals surface area contributed by atoms with Crippen LogP contribution in [-0.2, 0) is 14.4 Å². The van der Waals surface area contributed by atoms with Gasteiger partial charge in [-0.05, 0) is 76.2 Å². The van der Waals surface area contributed by atoms with E-state index in [4.69, 9.17) is 4.84 Å². The molecular formula is C24H32FN3O3. The molecule has 1 aliphatic rings. The Bertz CT molecular complexity index is 939. The second kappa shape index (κ2) is 11.0. The largest absolute Gasteiger partial charge is 0.321 e. The van der Waals surface area contributed by atoms with Gasteiger partial charge in [-0.1, -0.05) is 19.4 Å². The first-order chi connectivity index (χ1) is 14.7. The molecule has 6 nitrogen and oxygen atoms in total. The summed E-state index contributed by atoms with van der Waals surface area (Å²) < 4.78 is 13.7. The summed E-state index contributed by atoms with van der Waals surface area (Å²) in [6.07, 6.45) is 1.69. The average molecular weight is 430 g/mol. The van der Waals surface area contributed by atoms with Crippen molar-refractivity contribution in [2.24, 2.45) is 0 Å². The minimum atomic E-state index is -0.411. The van der Waals surface area contributed by atoms with Crippen LogP contribution >= 0.6 is 0 Å². The fourth-order valence-electron chi connectivity index (χ4n) is 3.48. The molecule has 2 amide bonds. The van der Waals surface area contributed by atoms with Gasteiger partial charge in [0.25, 0.3) is 11.8 Å². The number of carbonyl (C=O) groups excluding carboxylic acids is 2. The Balaban J connectivity index is 2.21. The maximum Gasteiger partial charge on any atom is 0.275 e. The van der Waals surface area contributed by atoms with E-state index in [0.29, 0.717) is 29.0 Å². The number of benzene rings is 1. The molecule has 0 atom stereocenters. The number of hydrogen-bond acceptors (Lipinski definition) is 4. The molecular weight excluding hydrogens is 397 g/mol. The lowest BCUT2D eigenvalue weighted by Gasteiger charge is -2.18. The fraction of sp³-hybridized carbons (Fsp3) is 0.417. The lowest BCUT2D eigenvalue weighted by molar-refractivity contribution is -0.129. The molecule has 1 aromatic carbocycles. The zero-order valence-corrected chi connectivity index (χ0v) is 19.2. The first-order valence-corrected chi connectivity index (χ1v) is 10.5. The predicted molar refractivity (Wildman–Crippen MR) is 122 cm³/mol. The van der Waals surface area contributed by atoms with Crippen LogP contribution < -0.4 is 10.8 Å². The molecule has 0 aliphatic carbocycles. The van der Waals surface area contributed by atoms with Crippen molar-refractivity contribution in [2.75, 3.05) is 31.6 Å². The van der Waals surface area contributed by atoms with Gasteiger partial charge in [0.05, 0.1) is 6.61 Å². The third kappa shape index (κ3) is 6.12. The fourth-order valence-corrected chi connectivity index (χ4v) is 3.48. The van der Waals surface area contributed by atoms with E-state index >= 15 is 0 Å². The number of hydroxylamine groups is 1. The van der Waals surface area contributed by atoms with Crippen LogP contribution in [0.25, 0.3) is 5.57 Å². The van der Waals surface area contributed by atoms with Gasteiger partial charge >= 0.3 is 0 Å². The van der Waals surface area contributed by atoms with Crippen LogP contribution in [0.15, 0.2) is 46.6 Å². The van der Waals surface area contributed by atoms with Gasteiger partial charge in [0.2, 0.25) is 0 Å². The molecule has 168 valence electrons. The molecule has 31 heavy (non-hydrogen) atoms. The van der Waals surface area contributed by atoms with Crippen molar-refractivity contribution in [2.45, 2.75) is 41.5 Å². The van der Waals surface area contributed by atoms with Gasteiger partial charge < -0.3 is 10.2 Å². The zero-order chi connectivity index (χ0) is 23.1. The maximum absolute atomic E-state index is 13.7. The summed E-state index contributed by atoms with van der Waals surface area (Å²) in [6, 6.07) is 4.18. The number of allylic oxidation sites excluding steroid dienone is 3. The molecule has 0 saturated carbocycles. The summed E-state index contributed by atoms with van der Waals surface area (Å²) in [5.41, 5.74) is 6.75. The SMILES string of the molecule is CCN(CC)CCONC(=O)C(=C(C)C)/C(C)=C(C)/C=C1\C(=O)Nc2ccc(F)cc21. The van der Waals surface area contributed by atoms with Crippen LogP contribution in [-0.4, -0.2) is 43.0 Å². The highest BCUT2D eigenvalue weighted by Crippen LogP contribution is 2.33. The summed E-state index contributed by atoms with van der Waals surface area (Å²) >= 11 is 0. The number of nitrogens with one attached hydrogen (secondary N) is 2. The summed E-state index contributed by atoms with van der Waals surface area (Å²) in [7, 11) is 0. The highest BCUT2D eigenvalue weighted by Gasteiger charge is 2.25. The molecule has 0 bridgehead atoms. The van der Waals surface area contributed by atoms with Crippen molar-refractivity contribution in [3.05, 3.63) is 57.9 Å². The molecule has 0 radical (unpaired) electrons. The molecule has 0 saturated heterocycles. The Hall–Kier alpha value is -2.77. The average Bonchev–Trinajstić information content (AvgIpc) is 3.02. The first kappa shape index (κ1) is 24.5. The van der Waals surface area contributed by atoms with Crippen LogP contribution in [0, 0.1) is 5.82 Å². The maximum atomic E-state index is 13.7.